The number of morpholine rings is 1. The number of halogens is 1. The highest BCUT2D eigenvalue weighted by Crippen LogP contribution is 2.27. The number of benzene rings is 1. The molecule has 112 valence electrons. The summed E-state index contributed by atoms with van der Waals surface area (Å²) >= 11 is 3.29. The highest BCUT2D eigenvalue weighted by atomic mass is 79.9. The predicted octanol–water partition coefficient (Wildman–Crippen LogP) is 0.808. The van der Waals surface area contributed by atoms with Crippen LogP contribution in [0.25, 0.3) is 0 Å². The molecule has 0 saturated carbocycles. The van der Waals surface area contributed by atoms with Crippen molar-refractivity contribution in [3.63, 3.8) is 0 Å². The molecule has 0 bridgehead atoms. The molecule has 0 atom stereocenters. The van der Waals surface area contributed by atoms with Crippen molar-refractivity contribution in [1.82, 2.24) is 4.90 Å². The Bertz CT molecular complexity index is 559. The molecular formula is C12H17BrN2O4S. The summed E-state index contributed by atoms with van der Waals surface area (Å²) in [5.74, 6) is 0.602. The van der Waals surface area contributed by atoms with Gasteiger partial charge in [0.2, 0.25) is 10.0 Å². The van der Waals surface area contributed by atoms with Crippen LogP contribution in [0.1, 0.15) is 0 Å². The molecular weight excluding hydrogens is 348 g/mol. The number of sulfonamides is 1. The van der Waals surface area contributed by atoms with Crippen molar-refractivity contribution in [1.29, 1.82) is 0 Å². The Morgan fingerprint density at radius 1 is 1.35 bits per heavy atom. The van der Waals surface area contributed by atoms with E-state index in [1.165, 1.54) is 12.1 Å². The third kappa shape index (κ3) is 4.42. The lowest BCUT2D eigenvalue weighted by Gasteiger charge is -2.26. The van der Waals surface area contributed by atoms with Crippen molar-refractivity contribution in [3.8, 4) is 5.75 Å². The Hall–Kier alpha value is -0.670. The van der Waals surface area contributed by atoms with Crippen LogP contribution >= 0.6 is 15.9 Å². The molecule has 0 unspecified atom stereocenters. The van der Waals surface area contributed by atoms with E-state index in [2.05, 4.69) is 20.8 Å². The van der Waals surface area contributed by atoms with E-state index in [9.17, 15) is 8.42 Å². The SMILES string of the molecule is NS(=O)(=O)c1ccc(OCCN2CCOCC2)c(Br)c1. The smallest absolute Gasteiger partial charge is 0.238 e. The van der Waals surface area contributed by atoms with Crippen molar-refractivity contribution in [2.75, 3.05) is 39.5 Å². The molecule has 8 heteroatoms. The lowest BCUT2D eigenvalue weighted by atomic mass is 10.3. The molecule has 0 spiro atoms. The fraction of sp³-hybridized carbons (Fsp3) is 0.500. The van der Waals surface area contributed by atoms with Crippen LogP contribution in [0.4, 0.5) is 0 Å². The van der Waals surface area contributed by atoms with E-state index in [-0.39, 0.29) is 4.90 Å². The van der Waals surface area contributed by atoms with Gasteiger partial charge in [0.05, 0.1) is 22.6 Å². The summed E-state index contributed by atoms with van der Waals surface area (Å²) in [7, 11) is -3.69. The van der Waals surface area contributed by atoms with Crippen LogP contribution in [0.5, 0.6) is 5.75 Å². The average molecular weight is 365 g/mol. The summed E-state index contributed by atoms with van der Waals surface area (Å²) in [4.78, 5) is 2.32. The molecule has 2 N–H and O–H groups in total. The van der Waals surface area contributed by atoms with Crippen molar-refractivity contribution in [2.45, 2.75) is 4.90 Å². The zero-order chi connectivity index (χ0) is 14.6. The van der Waals surface area contributed by atoms with Gasteiger partial charge >= 0.3 is 0 Å². The van der Waals surface area contributed by atoms with Gasteiger partial charge in [-0.15, -0.1) is 0 Å². The Kier molecular flexibility index (Phi) is 5.39. The summed E-state index contributed by atoms with van der Waals surface area (Å²) in [6.45, 7) is 4.68. The number of ether oxygens (including phenoxy) is 2. The maximum absolute atomic E-state index is 11.2. The number of primary sulfonamides is 1. The fourth-order valence-electron chi connectivity index (χ4n) is 1.89. The Morgan fingerprint density at radius 2 is 2.05 bits per heavy atom. The molecule has 0 amide bonds. The Balaban J connectivity index is 1.90. The average Bonchev–Trinajstić information content (AvgIpc) is 2.40. The molecule has 1 aromatic carbocycles. The molecule has 1 heterocycles. The van der Waals surface area contributed by atoms with Crippen LogP contribution in [0.2, 0.25) is 0 Å². The number of hydrogen-bond donors (Lipinski definition) is 1. The molecule has 6 nitrogen and oxygen atoms in total. The summed E-state index contributed by atoms with van der Waals surface area (Å²) in [5.41, 5.74) is 0. The third-order valence-electron chi connectivity index (χ3n) is 3.00. The van der Waals surface area contributed by atoms with Crippen molar-refractivity contribution < 1.29 is 17.9 Å². The second-order valence-electron chi connectivity index (χ2n) is 4.44. The van der Waals surface area contributed by atoms with Gasteiger partial charge in [-0.2, -0.15) is 0 Å². The minimum Gasteiger partial charge on any atom is -0.491 e. The van der Waals surface area contributed by atoms with Gasteiger partial charge in [0.25, 0.3) is 0 Å². The fourth-order valence-corrected chi connectivity index (χ4v) is 3.07. The van der Waals surface area contributed by atoms with Crippen LogP contribution in [-0.4, -0.2) is 52.8 Å². The Morgan fingerprint density at radius 3 is 2.65 bits per heavy atom. The largest absolute Gasteiger partial charge is 0.491 e. The summed E-state index contributed by atoms with van der Waals surface area (Å²) in [5, 5.41) is 5.07. The summed E-state index contributed by atoms with van der Waals surface area (Å²) in [6, 6.07) is 4.48. The van der Waals surface area contributed by atoms with Gasteiger partial charge in [-0.05, 0) is 34.1 Å². The number of hydrogen-bond acceptors (Lipinski definition) is 5. The first-order chi connectivity index (χ1) is 9.47. The predicted molar refractivity (Wildman–Crippen MR) is 78.3 cm³/mol. The van der Waals surface area contributed by atoms with Gasteiger partial charge in [-0.3, -0.25) is 4.90 Å². The lowest BCUT2D eigenvalue weighted by Crippen LogP contribution is -2.38. The van der Waals surface area contributed by atoms with E-state index < -0.39 is 10.0 Å². The second kappa shape index (κ2) is 6.86. The summed E-state index contributed by atoms with van der Waals surface area (Å²) in [6.07, 6.45) is 0. The van der Waals surface area contributed by atoms with Gasteiger partial charge in [0.1, 0.15) is 12.4 Å². The van der Waals surface area contributed by atoms with E-state index in [0.29, 0.717) is 16.8 Å². The van der Waals surface area contributed by atoms with E-state index >= 15 is 0 Å². The number of nitrogens with zero attached hydrogens (tertiary/aromatic N) is 1. The van der Waals surface area contributed by atoms with Crippen LogP contribution in [0.15, 0.2) is 27.6 Å². The quantitative estimate of drug-likeness (QED) is 0.835. The molecule has 1 fully saturated rings. The minimum atomic E-state index is -3.69. The molecule has 20 heavy (non-hydrogen) atoms. The molecule has 2 rings (SSSR count). The third-order valence-corrected chi connectivity index (χ3v) is 4.53. The van der Waals surface area contributed by atoms with Gasteiger partial charge in [-0.1, -0.05) is 0 Å². The first-order valence-corrected chi connectivity index (χ1v) is 8.56. The van der Waals surface area contributed by atoms with E-state index in [0.717, 1.165) is 32.8 Å². The topological polar surface area (TPSA) is 81.9 Å². The zero-order valence-corrected chi connectivity index (χ0v) is 13.3. The van der Waals surface area contributed by atoms with E-state index in [1.807, 2.05) is 0 Å². The van der Waals surface area contributed by atoms with Crippen LogP contribution in [0.3, 0.4) is 0 Å². The molecule has 0 aliphatic carbocycles. The van der Waals surface area contributed by atoms with Gasteiger partial charge in [0, 0.05) is 19.6 Å². The number of nitrogens with two attached hydrogens (primary N) is 1. The first-order valence-electron chi connectivity index (χ1n) is 6.22. The normalized spacial score (nSPS) is 17.1. The molecule has 1 aliphatic rings. The van der Waals surface area contributed by atoms with Gasteiger partial charge in [-0.25, -0.2) is 13.6 Å². The lowest BCUT2D eigenvalue weighted by molar-refractivity contribution is 0.0322. The molecule has 1 aliphatic heterocycles. The first kappa shape index (κ1) is 15.7. The van der Waals surface area contributed by atoms with Crippen molar-refractivity contribution >= 4 is 26.0 Å². The highest BCUT2D eigenvalue weighted by molar-refractivity contribution is 9.10. The van der Waals surface area contributed by atoms with Gasteiger partial charge in [0.15, 0.2) is 0 Å². The Labute approximate surface area is 127 Å². The van der Waals surface area contributed by atoms with E-state index in [1.54, 1.807) is 6.07 Å². The van der Waals surface area contributed by atoms with Crippen LogP contribution in [-0.2, 0) is 14.8 Å². The molecule has 0 aromatic heterocycles. The van der Waals surface area contributed by atoms with Crippen molar-refractivity contribution in [2.24, 2.45) is 5.14 Å². The summed E-state index contributed by atoms with van der Waals surface area (Å²) < 4.78 is 33.9. The van der Waals surface area contributed by atoms with Crippen LogP contribution in [0, 0.1) is 0 Å². The van der Waals surface area contributed by atoms with Crippen LogP contribution < -0.4 is 9.88 Å². The molecule has 1 saturated heterocycles. The van der Waals surface area contributed by atoms with Crippen molar-refractivity contribution in [3.05, 3.63) is 22.7 Å². The second-order valence-corrected chi connectivity index (χ2v) is 6.86. The molecule has 1 aromatic rings. The monoisotopic (exact) mass is 364 g/mol. The zero-order valence-electron chi connectivity index (χ0n) is 10.9. The maximum atomic E-state index is 11.2. The number of rotatable bonds is 5. The van der Waals surface area contributed by atoms with Gasteiger partial charge < -0.3 is 9.47 Å². The van der Waals surface area contributed by atoms with E-state index in [4.69, 9.17) is 14.6 Å². The standard InChI is InChI=1S/C12H17BrN2O4S/c13-11-9-10(20(14,16)17)1-2-12(11)19-8-5-15-3-6-18-7-4-15/h1-2,9H,3-8H2,(H2,14,16,17). The maximum Gasteiger partial charge on any atom is 0.238 e. The highest BCUT2D eigenvalue weighted by Gasteiger charge is 2.12. The minimum absolute atomic E-state index is 0.0601. The molecule has 0 radical (unpaired) electrons.